The van der Waals surface area contributed by atoms with Crippen LogP contribution in [0.3, 0.4) is 0 Å². The Morgan fingerprint density at radius 1 is 0.853 bits per heavy atom. The molecule has 0 spiro atoms. The molecule has 0 amide bonds. The largest absolute Gasteiger partial charge is 0.459 e. The van der Waals surface area contributed by atoms with Gasteiger partial charge < -0.3 is 18.3 Å². The second-order valence-electron chi connectivity index (χ2n) is 10.5. The van der Waals surface area contributed by atoms with E-state index in [9.17, 15) is 4.79 Å². The molecule has 0 bridgehead atoms. The molecule has 198 valence electrons. The average molecular weight is 513 g/mol. The number of hydrogen-bond acceptors (Lipinski definition) is 5. The molecule has 0 aliphatic carbocycles. The van der Waals surface area contributed by atoms with Gasteiger partial charge in [0.05, 0.1) is 0 Å². The number of carbonyl (C=O) groups excluding carboxylic acids is 1. The summed E-state index contributed by atoms with van der Waals surface area (Å²) in [6, 6.07) is 6.26. The molecule has 0 aromatic carbocycles. The third-order valence-electron chi connectivity index (χ3n) is 8.77. The van der Waals surface area contributed by atoms with Gasteiger partial charge in [-0.1, -0.05) is 74.1 Å². The molecule has 0 aromatic heterocycles. The summed E-state index contributed by atoms with van der Waals surface area (Å²) in [4.78, 5) is 13.1. The van der Waals surface area contributed by atoms with Crippen LogP contribution in [0.5, 0.6) is 0 Å². The monoisotopic (exact) mass is 512 g/mol. The fourth-order valence-corrected chi connectivity index (χ4v) is 11.7. The number of carbonyl (C=O) groups is 1. The predicted molar refractivity (Wildman–Crippen MR) is 145 cm³/mol. The minimum atomic E-state index is -2.03. The quantitative estimate of drug-likeness (QED) is 0.156. The highest BCUT2D eigenvalue weighted by Crippen LogP contribution is 2.46. The van der Waals surface area contributed by atoms with Crippen LogP contribution in [0.15, 0.2) is 11.5 Å². The molecule has 5 nitrogen and oxygen atoms in total. The fraction of sp³-hybridized carbons (Fsp3) is 0.889. The predicted octanol–water partition coefficient (Wildman–Crippen LogP) is 7.73. The smallest absolute Gasteiger partial charge is 0.289 e. The van der Waals surface area contributed by atoms with Crippen LogP contribution in [0.25, 0.3) is 0 Å². The first-order chi connectivity index (χ1) is 16.2. The van der Waals surface area contributed by atoms with Gasteiger partial charge in [0.15, 0.2) is 23.2 Å². The molecule has 34 heavy (non-hydrogen) atoms. The van der Waals surface area contributed by atoms with Gasteiger partial charge in [-0.15, -0.1) is 0 Å². The molecule has 0 saturated heterocycles. The first-order valence-corrected chi connectivity index (χ1v) is 19.2. The van der Waals surface area contributed by atoms with Gasteiger partial charge in [0.25, 0.3) is 5.95 Å². The van der Waals surface area contributed by atoms with E-state index in [2.05, 4.69) is 55.4 Å². The number of hydrogen-bond donors (Lipinski definition) is 0. The molecule has 0 aromatic rings. The summed E-state index contributed by atoms with van der Waals surface area (Å²) in [5.41, 5.74) is -0.0814. The summed E-state index contributed by atoms with van der Waals surface area (Å²) in [5.74, 6) is 0.414. The lowest BCUT2D eigenvalue weighted by Gasteiger charge is -2.52. The number of ether oxygens (including phenoxy) is 2. The van der Waals surface area contributed by atoms with E-state index in [1.807, 2.05) is 0 Å². The van der Waals surface area contributed by atoms with Crippen LogP contribution in [0, 0.1) is 0 Å². The molecule has 0 N–H and O–H groups in total. The van der Waals surface area contributed by atoms with Crippen molar-refractivity contribution in [3.63, 3.8) is 0 Å². The zero-order valence-corrected chi connectivity index (χ0v) is 25.4. The molecule has 0 unspecified atom stereocenters. The lowest BCUT2D eigenvalue weighted by Crippen LogP contribution is -2.64. The van der Waals surface area contributed by atoms with Crippen molar-refractivity contribution in [2.24, 2.45) is 0 Å². The van der Waals surface area contributed by atoms with E-state index >= 15 is 0 Å². The SMILES string of the molecule is CCCCCCC[C@H]1OC2=C(C(=O)CO2)[C@@H](O[Si](CC)(CC)CC)[C@]1(C)O[Si](CC)(CC)CC. The van der Waals surface area contributed by atoms with Gasteiger partial charge >= 0.3 is 0 Å². The van der Waals surface area contributed by atoms with Crippen molar-refractivity contribution in [1.82, 2.24) is 0 Å². The molecular formula is C27H52O5Si2. The van der Waals surface area contributed by atoms with Crippen molar-refractivity contribution in [2.45, 2.75) is 148 Å². The van der Waals surface area contributed by atoms with Gasteiger partial charge in [-0.05, 0) is 56.0 Å². The van der Waals surface area contributed by atoms with Crippen LogP contribution in [0.1, 0.15) is 93.9 Å². The standard InChI is InChI=1S/C27H52O5Si2/c1-9-16-17-18-19-20-23-27(8,32-34(13-5,14-6)15-7)25(31-33(10-2,11-3)12-4)24-22(28)21-29-26(24)30-23/h23,25H,9-21H2,1-8H3/t23-,25-,27-/m1/s1. The Morgan fingerprint density at radius 2 is 1.41 bits per heavy atom. The van der Waals surface area contributed by atoms with E-state index < -0.39 is 28.3 Å². The van der Waals surface area contributed by atoms with Crippen molar-refractivity contribution >= 4 is 22.4 Å². The van der Waals surface area contributed by atoms with Gasteiger partial charge in [0.1, 0.15) is 23.4 Å². The summed E-state index contributed by atoms with van der Waals surface area (Å²) in [5, 5.41) is 0. The second-order valence-corrected chi connectivity index (χ2v) is 19.9. The number of rotatable bonds is 16. The third-order valence-corrected chi connectivity index (χ3v) is 18.1. The molecule has 7 heteroatoms. The number of Topliss-reactive ketones (excluding diaryl/α,β-unsaturated/α-hetero) is 1. The molecule has 3 atom stereocenters. The molecule has 2 aliphatic rings. The first-order valence-electron chi connectivity index (χ1n) is 14.2. The van der Waals surface area contributed by atoms with E-state index in [4.69, 9.17) is 18.3 Å². The zero-order valence-electron chi connectivity index (χ0n) is 23.4. The van der Waals surface area contributed by atoms with Crippen LogP contribution in [0.4, 0.5) is 0 Å². The van der Waals surface area contributed by atoms with Gasteiger partial charge in [-0.3, -0.25) is 4.79 Å². The molecule has 0 saturated carbocycles. The van der Waals surface area contributed by atoms with Crippen molar-refractivity contribution in [3.05, 3.63) is 11.5 Å². The fourth-order valence-electron chi connectivity index (χ4n) is 5.71. The van der Waals surface area contributed by atoms with Crippen molar-refractivity contribution in [1.29, 1.82) is 0 Å². The number of ketones is 1. The van der Waals surface area contributed by atoms with Crippen molar-refractivity contribution < 1.29 is 23.1 Å². The maximum absolute atomic E-state index is 13.1. The van der Waals surface area contributed by atoms with E-state index in [1.165, 1.54) is 25.7 Å². The average Bonchev–Trinajstić information content (AvgIpc) is 3.22. The molecule has 2 aliphatic heterocycles. The Bertz CT molecular complexity index is 670. The van der Waals surface area contributed by atoms with Gasteiger partial charge in [-0.2, -0.15) is 0 Å². The lowest BCUT2D eigenvalue weighted by atomic mass is 9.82. The Balaban J connectivity index is 2.53. The van der Waals surface area contributed by atoms with Crippen LogP contribution < -0.4 is 0 Å². The Morgan fingerprint density at radius 3 is 1.94 bits per heavy atom. The van der Waals surface area contributed by atoms with E-state index in [0.29, 0.717) is 11.5 Å². The summed E-state index contributed by atoms with van der Waals surface area (Å²) in [6.45, 7) is 18.0. The third kappa shape index (κ3) is 6.19. The van der Waals surface area contributed by atoms with Gasteiger partial charge in [0, 0.05) is 0 Å². The van der Waals surface area contributed by atoms with Crippen LogP contribution in [-0.4, -0.2) is 46.8 Å². The van der Waals surface area contributed by atoms with Crippen LogP contribution in [-0.2, 0) is 23.1 Å². The summed E-state index contributed by atoms with van der Waals surface area (Å²) in [7, 11) is -4.04. The van der Waals surface area contributed by atoms with E-state index in [-0.39, 0.29) is 18.5 Å². The lowest BCUT2D eigenvalue weighted by molar-refractivity contribution is -0.156. The first kappa shape index (κ1) is 29.6. The van der Waals surface area contributed by atoms with Crippen molar-refractivity contribution in [2.75, 3.05) is 6.61 Å². The Labute approximate surface area is 211 Å². The highest BCUT2D eigenvalue weighted by Gasteiger charge is 2.58. The molecule has 0 fully saturated rings. The van der Waals surface area contributed by atoms with E-state index in [1.54, 1.807) is 0 Å². The van der Waals surface area contributed by atoms with Gasteiger partial charge in [0.2, 0.25) is 5.78 Å². The molecule has 2 rings (SSSR count). The Hall–Kier alpha value is -0.636. The second kappa shape index (κ2) is 13.1. The molecular weight excluding hydrogens is 460 g/mol. The molecule has 2 heterocycles. The minimum absolute atomic E-state index is 0.000748. The van der Waals surface area contributed by atoms with Crippen LogP contribution >= 0.6 is 0 Å². The minimum Gasteiger partial charge on any atom is -0.459 e. The summed E-state index contributed by atoms with van der Waals surface area (Å²) >= 11 is 0. The number of unbranched alkanes of at least 4 members (excludes halogenated alkanes) is 4. The Kier molecular flexibility index (Phi) is 11.4. The highest BCUT2D eigenvalue weighted by molar-refractivity contribution is 6.74. The molecule has 0 radical (unpaired) electrons. The summed E-state index contributed by atoms with van der Waals surface area (Å²) in [6.07, 6.45) is 6.35. The topological polar surface area (TPSA) is 54.0 Å². The maximum Gasteiger partial charge on any atom is 0.289 e. The normalized spacial score (nSPS) is 25.4. The summed E-state index contributed by atoms with van der Waals surface area (Å²) < 4.78 is 26.8. The maximum atomic E-state index is 13.1. The highest BCUT2D eigenvalue weighted by atomic mass is 28.4. The van der Waals surface area contributed by atoms with E-state index in [0.717, 1.165) is 49.1 Å². The zero-order chi connectivity index (χ0) is 25.4. The van der Waals surface area contributed by atoms with Gasteiger partial charge in [-0.25, -0.2) is 0 Å². The van der Waals surface area contributed by atoms with Crippen molar-refractivity contribution in [3.8, 4) is 0 Å². The van der Waals surface area contributed by atoms with Crippen LogP contribution in [0.2, 0.25) is 36.3 Å².